The summed E-state index contributed by atoms with van der Waals surface area (Å²) in [7, 11) is 0. The van der Waals surface area contributed by atoms with Gasteiger partial charge >= 0.3 is 5.97 Å². The second kappa shape index (κ2) is 3.83. The lowest BCUT2D eigenvalue weighted by molar-refractivity contribution is -0.132. The van der Waals surface area contributed by atoms with Crippen molar-refractivity contribution in [3.8, 4) is 6.07 Å². The van der Waals surface area contributed by atoms with Gasteiger partial charge in [0.05, 0.1) is 0 Å². The fraction of sp³-hybridized carbons (Fsp3) is 0.636. The maximum Gasteiger partial charge on any atom is 0.346 e. The second-order valence-electron chi connectivity index (χ2n) is 4.59. The molecule has 0 aromatic rings. The van der Waals surface area contributed by atoms with Crippen LogP contribution < -0.4 is 0 Å². The predicted octanol–water partition coefficient (Wildman–Crippen LogP) is 2.49. The van der Waals surface area contributed by atoms with Crippen LogP contribution in [0.5, 0.6) is 0 Å². The Hall–Kier alpha value is -1.30. The number of nitrogens with zero attached hydrogens (tertiary/aromatic N) is 1. The quantitative estimate of drug-likeness (QED) is 0.514. The van der Waals surface area contributed by atoms with E-state index in [4.69, 9.17) is 10.4 Å². The highest BCUT2D eigenvalue weighted by Crippen LogP contribution is 2.39. The van der Waals surface area contributed by atoms with E-state index in [1.165, 1.54) is 0 Å². The van der Waals surface area contributed by atoms with Crippen molar-refractivity contribution < 1.29 is 9.90 Å². The molecule has 0 spiro atoms. The van der Waals surface area contributed by atoms with Gasteiger partial charge in [-0.1, -0.05) is 13.8 Å². The summed E-state index contributed by atoms with van der Waals surface area (Å²) in [5.41, 5.74) is 0.916. The maximum absolute atomic E-state index is 10.8. The Labute approximate surface area is 84.0 Å². The van der Waals surface area contributed by atoms with Gasteiger partial charge in [0.1, 0.15) is 11.6 Å². The highest BCUT2D eigenvalue weighted by molar-refractivity contribution is 5.92. The third-order valence-electron chi connectivity index (χ3n) is 2.70. The number of carbonyl (C=O) groups is 1. The molecule has 76 valence electrons. The first-order chi connectivity index (χ1) is 6.46. The van der Waals surface area contributed by atoms with Gasteiger partial charge in [0.25, 0.3) is 0 Å². The second-order valence-corrected chi connectivity index (χ2v) is 4.59. The van der Waals surface area contributed by atoms with E-state index in [2.05, 4.69) is 13.8 Å². The third kappa shape index (κ3) is 2.35. The number of hydrogen-bond donors (Lipinski definition) is 1. The molecular formula is C11H15NO2. The zero-order valence-electron chi connectivity index (χ0n) is 8.63. The first-order valence-electron chi connectivity index (χ1n) is 4.82. The fourth-order valence-electron chi connectivity index (χ4n) is 2.03. The van der Waals surface area contributed by atoms with Crippen LogP contribution in [0.1, 0.15) is 39.5 Å². The van der Waals surface area contributed by atoms with Crippen molar-refractivity contribution in [2.45, 2.75) is 39.5 Å². The molecule has 1 aliphatic carbocycles. The summed E-state index contributed by atoms with van der Waals surface area (Å²) < 4.78 is 0. The van der Waals surface area contributed by atoms with Gasteiger partial charge in [-0.05, 0) is 36.7 Å². The Kier molecular flexibility index (Phi) is 2.95. The highest BCUT2D eigenvalue weighted by Gasteiger charge is 2.27. The van der Waals surface area contributed by atoms with E-state index >= 15 is 0 Å². The molecule has 1 aliphatic rings. The number of aliphatic carboxylic acids is 1. The van der Waals surface area contributed by atoms with E-state index in [9.17, 15) is 4.79 Å². The average Bonchev–Trinajstić information content (AvgIpc) is 2.02. The van der Waals surface area contributed by atoms with Crippen LogP contribution in [0, 0.1) is 16.7 Å². The van der Waals surface area contributed by atoms with Gasteiger partial charge in [0, 0.05) is 0 Å². The van der Waals surface area contributed by atoms with Crippen LogP contribution >= 0.6 is 0 Å². The van der Waals surface area contributed by atoms with Crippen LogP contribution in [0.3, 0.4) is 0 Å². The van der Waals surface area contributed by atoms with E-state index in [-0.39, 0.29) is 11.0 Å². The molecule has 3 heteroatoms. The molecule has 0 amide bonds. The van der Waals surface area contributed by atoms with Gasteiger partial charge in [0.15, 0.2) is 0 Å². The molecule has 1 rings (SSSR count). The Morgan fingerprint density at radius 2 is 2.21 bits per heavy atom. The fourth-order valence-corrected chi connectivity index (χ4v) is 2.03. The standard InChI is InChI=1S/C11H15NO2/c1-11(2)5-3-4-8(6-11)9(7-12)10(13)14/h3-6H2,1-2H3,(H,13,14)/b9-8-. The van der Waals surface area contributed by atoms with Crippen molar-refractivity contribution in [2.75, 3.05) is 0 Å². The minimum Gasteiger partial charge on any atom is -0.477 e. The number of carboxylic acids is 1. The highest BCUT2D eigenvalue weighted by atomic mass is 16.4. The van der Waals surface area contributed by atoms with E-state index < -0.39 is 5.97 Å². The Morgan fingerprint density at radius 3 is 2.64 bits per heavy atom. The van der Waals surface area contributed by atoms with Crippen LogP contribution in [0.2, 0.25) is 0 Å². The molecule has 1 N–H and O–H groups in total. The summed E-state index contributed by atoms with van der Waals surface area (Å²) in [6.07, 6.45) is 3.59. The third-order valence-corrected chi connectivity index (χ3v) is 2.70. The lowest BCUT2D eigenvalue weighted by Gasteiger charge is -2.31. The van der Waals surface area contributed by atoms with Crippen LogP contribution in [0.4, 0.5) is 0 Å². The summed E-state index contributed by atoms with van der Waals surface area (Å²) in [5, 5.41) is 17.5. The zero-order chi connectivity index (χ0) is 10.8. The molecule has 0 saturated heterocycles. The Morgan fingerprint density at radius 1 is 1.57 bits per heavy atom. The molecule has 14 heavy (non-hydrogen) atoms. The lowest BCUT2D eigenvalue weighted by Crippen LogP contribution is -2.19. The SMILES string of the molecule is CC1(C)CCC/C(=C(\C#N)C(=O)O)C1. The molecule has 0 heterocycles. The van der Waals surface area contributed by atoms with Gasteiger partial charge in [0.2, 0.25) is 0 Å². The molecule has 0 unspecified atom stereocenters. The van der Waals surface area contributed by atoms with E-state index in [0.29, 0.717) is 0 Å². The van der Waals surface area contributed by atoms with Crippen LogP contribution in [-0.2, 0) is 4.79 Å². The number of carboxylic acid groups (broad SMARTS) is 1. The molecular weight excluding hydrogens is 178 g/mol. The summed E-state index contributed by atoms with van der Waals surface area (Å²) in [6.45, 7) is 4.23. The van der Waals surface area contributed by atoms with E-state index in [1.54, 1.807) is 6.07 Å². The Bertz CT molecular complexity index is 321. The van der Waals surface area contributed by atoms with Crippen molar-refractivity contribution in [2.24, 2.45) is 5.41 Å². The van der Waals surface area contributed by atoms with Crippen molar-refractivity contribution in [1.82, 2.24) is 0 Å². The number of nitriles is 1. The molecule has 0 aromatic carbocycles. The number of rotatable bonds is 1. The van der Waals surface area contributed by atoms with E-state index in [1.807, 2.05) is 0 Å². The van der Waals surface area contributed by atoms with Gasteiger partial charge < -0.3 is 5.11 Å². The topological polar surface area (TPSA) is 61.1 Å². The van der Waals surface area contributed by atoms with Crippen LogP contribution in [-0.4, -0.2) is 11.1 Å². The number of hydrogen-bond acceptors (Lipinski definition) is 2. The molecule has 3 nitrogen and oxygen atoms in total. The van der Waals surface area contributed by atoms with Gasteiger partial charge in [-0.25, -0.2) is 4.79 Å². The minimum absolute atomic E-state index is 0.0437. The zero-order valence-corrected chi connectivity index (χ0v) is 8.63. The average molecular weight is 193 g/mol. The molecule has 1 fully saturated rings. The predicted molar refractivity (Wildman–Crippen MR) is 52.5 cm³/mol. The van der Waals surface area contributed by atoms with Crippen molar-refractivity contribution in [3.63, 3.8) is 0 Å². The smallest absolute Gasteiger partial charge is 0.346 e. The molecule has 0 aromatic heterocycles. The van der Waals surface area contributed by atoms with Gasteiger partial charge in [-0.2, -0.15) is 5.26 Å². The number of allylic oxidation sites excluding steroid dienone is 1. The molecule has 0 bridgehead atoms. The molecule has 1 saturated carbocycles. The van der Waals surface area contributed by atoms with Crippen molar-refractivity contribution in [1.29, 1.82) is 5.26 Å². The normalized spacial score (nSPS) is 23.8. The molecule has 0 atom stereocenters. The van der Waals surface area contributed by atoms with Crippen LogP contribution in [0.25, 0.3) is 0 Å². The monoisotopic (exact) mass is 193 g/mol. The first kappa shape index (κ1) is 10.8. The summed E-state index contributed by atoms with van der Waals surface area (Å²) >= 11 is 0. The van der Waals surface area contributed by atoms with Gasteiger partial charge in [-0.3, -0.25) is 0 Å². The first-order valence-corrected chi connectivity index (χ1v) is 4.82. The van der Waals surface area contributed by atoms with Crippen molar-refractivity contribution in [3.05, 3.63) is 11.1 Å². The van der Waals surface area contributed by atoms with E-state index in [0.717, 1.165) is 31.3 Å². The van der Waals surface area contributed by atoms with Crippen LogP contribution in [0.15, 0.2) is 11.1 Å². The summed E-state index contributed by atoms with van der Waals surface area (Å²) in [4.78, 5) is 10.8. The summed E-state index contributed by atoms with van der Waals surface area (Å²) in [5.74, 6) is -1.08. The lowest BCUT2D eigenvalue weighted by atomic mass is 9.74. The van der Waals surface area contributed by atoms with Crippen molar-refractivity contribution >= 4 is 5.97 Å². The van der Waals surface area contributed by atoms with Gasteiger partial charge in [-0.15, -0.1) is 0 Å². The largest absolute Gasteiger partial charge is 0.477 e. The molecule has 0 aliphatic heterocycles. The maximum atomic E-state index is 10.8. The minimum atomic E-state index is -1.08. The summed E-state index contributed by atoms with van der Waals surface area (Å²) in [6, 6.07) is 1.79. The Balaban J connectivity index is 2.97. The molecule has 0 radical (unpaired) electrons.